The van der Waals surface area contributed by atoms with Crippen molar-refractivity contribution in [2.75, 3.05) is 37.6 Å². The molecule has 0 bridgehead atoms. The summed E-state index contributed by atoms with van der Waals surface area (Å²) in [7, 11) is 0. The minimum atomic E-state index is 0.142. The lowest BCUT2D eigenvalue weighted by Crippen LogP contribution is -2.56. The Kier molecular flexibility index (Phi) is 5.48. The number of likely N-dealkylation sites (tertiary alicyclic amines) is 1. The summed E-state index contributed by atoms with van der Waals surface area (Å²) in [6.07, 6.45) is 5.37. The summed E-state index contributed by atoms with van der Waals surface area (Å²) in [5, 5.41) is 18.9. The fourth-order valence-electron chi connectivity index (χ4n) is 5.66. The third-order valence-electron chi connectivity index (χ3n) is 7.35. The van der Waals surface area contributed by atoms with Crippen LogP contribution in [0, 0.1) is 11.3 Å². The molecule has 2 aromatic heterocycles. The van der Waals surface area contributed by atoms with E-state index >= 15 is 0 Å². The monoisotopic (exact) mass is 457 g/mol. The lowest BCUT2D eigenvalue weighted by Gasteiger charge is -2.44. The highest BCUT2D eigenvalue weighted by atomic mass is 16.5. The summed E-state index contributed by atoms with van der Waals surface area (Å²) in [6, 6.07) is 11.2. The number of benzene rings is 1. The molecule has 8 heteroatoms. The Morgan fingerprint density at radius 1 is 1.18 bits per heavy atom. The van der Waals surface area contributed by atoms with Crippen LogP contribution in [0.15, 0.2) is 36.7 Å². The minimum absolute atomic E-state index is 0.142. The molecule has 0 amide bonds. The second-order valence-corrected chi connectivity index (χ2v) is 10.1. The Balaban J connectivity index is 1.12. The Labute approximate surface area is 200 Å². The summed E-state index contributed by atoms with van der Waals surface area (Å²) in [5.41, 5.74) is 5.13. The third kappa shape index (κ3) is 3.94. The zero-order chi connectivity index (χ0) is 23.2. The molecule has 2 fully saturated rings. The van der Waals surface area contributed by atoms with Crippen molar-refractivity contribution in [3.05, 3.63) is 53.5 Å². The molecule has 0 radical (unpaired) electrons. The average molecular weight is 458 g/mol. The van der Waals surface area contributed by atoms with Crippen LogP contribution in [0.4, 0.5) is 5.69 Å². The van der Waals surface area contributed by atoms with Gasteiger partial charge in [-0.3, -0.25) is 14.6 Å². The summed E-state index contributed by atoms with van der Waals surface area (Å²) >= 11 is 0. The molecule has 0 unspecified atom stereocenters. The predicted octanol–water partition coefficient (Wildman–Crippen LogP) is 2.49. The smallest absolute Gasteiger partial charge is 0.101 e. The zero-order valence-corrected chi connectivity index (χ0v) is 19.8. The van der Waals surface area contributed by atoms with Crippen molar-refractivity contribution < 1.29 is 4.74 Å². The van der Waals surface area contributed by atoms with Crippen LogP contribution >= 0.6 is 0 Å². The van der Waals surface area contributed by atoms with E-state index in [4.69, 9.17) is 9.84 Å². The van der Waals surface area contributed by atoms with Crippen LogP contribution in [-0.4, -0.2) is 70.6 Å². The van der Waals surface area contributed by atoms with Crippen LogP contribution in [0.25, 0.3) is 10.9 Å². The van der Waals surface area contributed by atoms with Gasteiger partial charge < -0.3 is 15.0 Å². The Morgan fingerprint density at radius 3 is 2.91 bits per heavy atom. The van der Waals surface area contributed by atoms with Crippen molar-refractivity contribution in [1.82, 2.24) is 25.0 Å². The molecule has 5 heterocycles. The number of hydrogen-bond acceptors (Lipinski definition) is 7. The van der Waals surface area contributed by atoms with Gasteiger partial charge in [0.1, 0.15) is 6.07 Å². The number of morpholine rings is 1. The molecule has 0 saturated carbocycles. The molecule has 8 nitrogen and oxygen atoms in total. The van der Waals surface area contributed by atoms with E-state index in [9.17, 15) is 5.26 Å². The van der Waals surface area contributed by atoms with Crippen LogP contribution in [0.2, 0.25) is 0 Å². The molecule has 1 aromatic carbocycles. The number of anilines is 1. The molecule has 34 heavy (non-hydrogen) atoms. The van der Waals surface area contributed by atoms with Crippen LogP contribution < -0.4 is 10.2 Å². The number of rotatable bonds is 4. The van der Waals surface area contributed by atoms with Crippen molar-refractivity contribution in [2.24, 2.45) is 0 Å². The first-order valence-electron chi connectivity index (χ1n) is 12.3. The molecule has 3 aliphatic heterocycles. The first-order chi connectivity index (χ1) is 16.6. The van der Waals surface area contributed by atoms with Crippen molar-refractivity contribution in [3.8, 4) is 6.07 Å². The first kappa shape index (κ1) is 21.5. The molecule has 3 aromatic rings. The van der Waals surface area contributed by atoms with Crippen molar-refractivity contribution in [2.45, 2.75) is 51.1 Å². The van der Waals surface area contributed by atoms with Crippen LogP contribution in [0.3, 0.4) is 0 Å². The van der Waals surface area contributed by atoms with Gasteiger partial charge in [-0.2, -0.15) is 10.4 Å². The molecule has 3 atom stereocenters. The maximum absolute atomic E-state index is 9.48. The van der Waals surface area contributed by atoms with E-state index in [2.05, 4.69) is 63.0 Å². The molecule has 176 valence electrons. The molecule has 1 N–H and O–H groups in total. The number of hydrogen-bond donors (Lipinski definition) is 1. The molecular formula is C26H31N7O. The van der Waals surface area contributed by atoms with Crippen LogP contribution in [0.1, 0.15) is 36.7 Å². The molecule has 3 aliphatic rings. The van der Waals surface area contributed by atoms with E-state index in [-0.39, 0.29) is 12.2 Å². The van der Waals surface area contributed by atoms with Gasteiger partial charge in [0.15, 0.2) is 0 Å². The predicted molar refractivity (Wildman–Crippen MR) is 131 cm³/mol. The maximum atomic E-state index is 9.48. The third-order valence-corrected chi connectivity index (χ3v) is 7.35. The van der Waals surface area contributed by atoms with Gasteiger partial charge in [-0.1, -0.05) is 0 Å². The van der Waals surface area contributed by atoms with E-state index in [1.165, 1.54) is 11.3 Å². The van der Waals surface area contributed by atoms with Crippen molar-refractivity contribution >= 4 is 16.6 Å². The summed E-state index contributed by atoms with van der Waals surface area (Å²) in [5.74, 6) is 0. The highest BCUT2D eigenvalue weighted by Gasteiger charge is 2.34. The van der Waals surface area contributed by atoms with Crippen molar-refractivity contribution in [3.63, 3.8) is 0 Å². The highest BCUT2D eigenvalue weighted by molar-refractivity contribution is 5.95. The Morgan fingerprint density at radius 2 is 2.06 bits per heavy atom. The maximum Gasteiger partial charge on any atom is 0.101 e. The van der Waals surface area contributed by atoms with Gasteiger partial charge in [0, 0.05) is 68.8 Å². The lowest BCUT2D eigenvalue weighted by atomic mass is 10.0. The van der Waals surface area contributed by atoms with Crippen LogP contribution in [0.5, 0.6) is 0 Å². The molecule has 0 spiro atoms. The van der Waals surface area contributed by atoms with Crippen molar-refractivity contribution in [1.29, 1.82) is 5.26 Å². The molecule has 2 saturated heterocycles. The van der Waals surface area contributed by atoms with E-state index < -0.39 is 0 Å². The Bertz CT molecular complexity index is 1240. The molecule has 0 aliphatic carbocycles. The van der Waals surface area contributed by atoms with E-state index in [0.29, 0.717) is 17.6 Å². The number of ether oxygens (including phenoxy) is 1. The second-order valence-electron chi connectivity index (χ2n) is 10.1. The normalized spacial score (nSPS) is 25.7. The summed E-state index contributed by atoms with van der Waals surface area (Å²) in [4.78, 5) is 9.36. The number of nitrogens with one attached hydrogen (secondary N) is 1. The fourth-order valence-corrected chi connectivity index (χ4v) is 5.66. The Hall–Kier alpha value is -2.99. The van der Waals surface area contributed by atoms with Crippen LogP contribution in [-0.2, 0) is 17.7 Å². The number of nitriles is 1. The largest absolute Gasteiger partial charge is 0.370 e. The summed E-state index contributed by atoms with van der Waals surface area (Å²) < 4.78 is 8.53. The minimum Gasteiger partial charge on any atom is -0.370 e. The standard InChI is InChI=1S/C26H31N7O/c1-17-8-20-12-33(30-24(20)10-29-17)21-13-31(14-21)15-22-16-32(11-18(2)34-22)25-6-5-19(9-27)26-23(25)4-3-7-28-26/h3-7,12,17-18,21-22,29H,8,10-11,13-16H2,1-2H3/t17-,18+,22-/m0/s1. The molecule has 6 rings (SSSR count). The number of pyridine rings is 1. The van der Waals surface area contributed by atoms with Gasteiger partial charge in [-0.05, 0) is 50.1 Å². The van der Waals surface area contributed by atoms with Gasteiger partial charge in [-0.15, -0.1) is 0 Å². The topological polar surface area (TPSA) is 82.2 Å². The first-order valence-corrected chi connectivity index (χ1v) is 12.3. The lowest BCUT2D eigenvalue weighted by molar-refractivity contribution is -0.0489. The fraction of sp³-hybridized carbons (Fsp3) is 0.500. The van der Waals surface area contributed by atoms with E-state index in [0.717, 1.165) is 62.3 Å². The van der Waals surface area contributed by atoms with Gasteiger partial charge >= 0.3 is 0 Å². The van der Waals surface area contributed by atoms with E-state index in [1.807, 2.05) is 12.1 Å². The molecular weight excluding hydrogens is 426 g/mol. The second kappa shape index (κ2) is 8.66. The van der Waals surface area contributed by atoms with Gasteiger partial charge in [0.2, 0.25) is 0 Å². The van der Waals surface area contributed by atoms with E-state index in [1.54, 1.807) is 6.20 Å². The summed E-state index contributed by atoms with van der Waals surface area (Å²) in [6.45, 7) is 9.87. The number of nitrogens with zero attached hydrogens (tertiary/aromatic N) is 6. The highest BCUT2D eigenvalue weighted by Crippen LogP contribution is 2.31. The number of fused-ring (bicyclic) bond motifs is 2. The van der Waals surface area contributed by atoms with Gasteiger partial charge in [-0.25, -0.2) is 0 Å². The van der Waals surface area contributed by atoms with Gasteiger partial charge in [0.05, 0.1) is 35.0 Å². The average Bonchev–Trinajstić information content (AvgIpc) is 3.22. The zero-order valence-electron chi connectivity index (χ0n) is 19.8. The quantitative estimate of drug-likeness (QED) is 0.645. The van der Waals surface area contributed by atoms with Gasteiger partial charge in [0.25, 0.3) is 0 Å². The SMILES string of the molecule is C[C@@H]1CN(c2ccc(C#N)c3ncccc23)C[C@H](CN2CC(n3cc4c(n3)CN[C@@H](C)C4)C2)O1. The number of aromatic nitrogens is 3.